The lowest BCUT2D eigenvalue weighted by atomic mass is 10.0. The molecule has 6 heterocycles. The van der Waals surface area contributed by atoms with E-state index in [1.54, 1.807) is 0 Å². The number of aromatic nitrogens is 4. The molecule has 22 rings (SSSR count). The Hall–Kier alpha value is -13.3. The molecule has 6 heteroatoms. The molecule has 0 unspecified atom stereocenters. The number of hydrogen-bond donors (Lipinski definition) is 0. The highest BCUT2D eigenvalue weighted by molar-refractivity contribution is 7.25. The highest BCUT2D eigenvalue weighted by Crippen LogP contribution is 2.44. The third kappa shape index (κ3) is 9.24. The molecule has 0 aliphatic heterocycles. The summed E-state index contributed by atoms with van der Waals surface area (Å²) in [5.41, 5.74) is 25.8. The topological polar surface area (TPSA) is 32.9 Å². The maximum Gasteiger partial charge on any atom is 0.135 e. The second kappa shape index (κ2) is 23.2. The summed E-state index contributed by atoms with van der Waals surface area (Å²) in [5.74, 6) is 0. The monoisotopic (exact) mass is 1320 g/mol. The lowest BCUT2D eigenvalue weighted by molar-refractivity contribution is 0.669. The van der Waals surface area contributed by atoms with Crippen LogP contribution in [-0.4, -0.2) is 18.3 Å². The van der Waals surface area contributed by atoms with E-state index in [1.807, 2.05) is 23.5 Å². The molecule has 5 nitrogen and oxygen atoms in total. The molecule has 0 amide bonds. The molecule has 102 heavy (non-hydrogen) atoms. The van der Waals surface area contributed by atoms with E-state index in [0.29, 0.717) is 0 Å². The van der Waals surface area contributed by atoms with E-state index in [4.69, 9.17) is 4.42 Å². The minimum absolute atomic E-state index is 0.906. The molecule has 0 fully saturated rings. The number of thiophene rings is 1. The van der Waals surface area contributed by atoms with Gasteiger partial charge >= 0.3 is 0 Å². The van der Waals surface area contributed by atoms with Crippen molar-refractivity contribution in [3.05, 3.63) is 364 Å². The molecule has 16 aromatic carbocycles. The number of furan rings is 1. The van der Waals surface area contributed by atoms with Crippen molar-refractivity contribution in [2.45, 2.75) is 0 Å². The van der Waals surface area contributed by atoms with E-state index >= 15 is 0 Å². The highest BCUT2D eigenvalue weighted by Gasteiger charge is 2.21. The van der Waals surface area contributed by atoms with Crippen LogP contribution in [-0.2, 0) is 0 Å². The number of hydrogen-bond acceptors (Lipinski definition) is 2. The van der Waals surface area contributed by atoms with Gasteiger partial charge in [-0.15, -0.1) is 11.3 Å². The average molecular weight is 1320 g/mol. The van der Waals surface area contributed by atoms with Gasteiger partial charge in [0, 0.05) is 96.8 Å². The predicted molar refractivity (Wildman–Crippen MR) is 432 cm³/mol. The van der Waals surface area contributed by atoms with Crippen molar-refractivity contribution in [3.8, 4) is 67.3 Å². The molecule has 0 saturated carbocycles. The molecule has 0 radical (unpaired) electrons. The number of rotatable bonds is 8. The standard InChI is InChI=1S/C48H30N2O.C48H30N2S/c1-2-11-31(12-3-1)32-13-10-14-35(27-32)49-43-18-7-4-15-37(43)40-28-33(21-24-45(40)49)34-22-25-46-41(29-34)38-16-5-8-19-44(38)50(46)36-23-26-48-42(30-36)39-17-6-9-20-47(39)51-48;1-2-11-31(12-3-1)32-13-10-14-35(27-32)49-43-18-7-4-15-37(43)41-28-33(21-25-45(41)49)34-22-26-46-42(29-34)38-16-5-8-19-44(38)50(46)36-23-24-40-39-17-6-9-20-47(39)51-48(40)30-36/h2*1-30H. The van der Waals surface area contributed by atoms with Gasteiger partial charge in [0.05, 0.1) is 44.1 Å². The zero-order valence-electron chi connectivity index (χ0n) is 55.2. The number of nitrogens with zero attached hydrogens (tertiary/aromatic N) is 4. The maximum atomic E-state index is 6.16. The normalized spacial score (nSPS) is 11.9. The van der Waals surface area contributed by atoms with E-state index < -0.39 is 0 Å². The maximum absolute atomic E-state index is 6.16. The highest BCUT2D eigenvalue weighted by atomic mass is 32.1. The Morgan fingerprint density at radius 2 is 0.490 bits per heavy atom. The molecular weight excluding hydrogens is 1260 g/mol. The van der Waals surface area contributed by atoms with E-state index in [0.717, 1.165) is 33.3 Å². The number of para-hydroxylation sites is 5. The average Bonchev–Trinajstić information content (AvgIpc) is 1.59. The fourth-order valence-corrected chi connectivity index (χ4v) is 17.5. The molecule has 0 aliphatic rings. The van der Waals surface area contributed by atoms with Crippen molar-refractivity contribution in [2.75, 3.05) is 0 Å². The summed E-state index contributed by atoms with van der Waals surface area (Å²) < 4.78 is 18.4. The van der Waals surface area contributed by atoms with Gasteiger partial charge in [-0.25, -0.2) is 0 Å². The molecule has 0 spiro atoms. The number of fused-ring (bicyclic) bond motifs is 18. The zero-order chi connectivity index (χ0) is 66.9. The molecule has 22 aromatic rings. The van der Waals surface area contributed by atoms with Crippen molar-refractivity contribution >= 4 is 141 Å². The molecule has 0 N–H and O–H groups in total. The van der Waals surface area contributed by atoms with Gasteiger partial charge in [0.2, 0.25) is 0 Å². The summed E-state index contributed by atoms with van der Waals surface area (Å²) in [5, 5.41) is 14.9. The summed E-state index contributed by atoms with van der Waals surface area (Å²) in [6.07, 6.45) is 0. The minimum Gasteiger partial charge on any atom is -0.456 e. The van der Waals surface area contributed by atoms with Crippen LogP contribution in [0.3, 0.4) is 0 Å². The van der Waals surface area contributed by atoms with Crippen LogP contribution in [0.1, 0.15) is 0 Å². The molecule has 6 aromatic heterocycles. The summed E-state index contributed by atoms with van der Waals surface area (Å²) in [6.45, 7) is 0. The Kier molecular flexibility index (Phi) is 13.1. The fourth-order valence-electron chi connectivity index (χ4n) is 16.3. The molecule has 476 valence electrons. The Morgan fingerprint density at radius 1 is 0.167 bits per heavy atom. The lowest BCUT2D eigenvalue weighted by Crippen LogP contribution is -1.94. The van der Waals surface area contributed by atoms with E-state index in [9.17, 15) is 0 Å². The van der Waals surface area contributed by atoms with Gasteiger partial charge in [-0.05, 0) is 184 Å². The lowest BCUT2D eigenvalue weighted by Gasteiger charge is -2.11. The zero-order valence-corrected chi connectivity index (χ0v) is 56.1. The van der Waals surface area contributed by atoms with E-state index in [1.165, 1.54) is 163 Å². The first-order valence-electron chi connectivity index (χ1n) is 34.9. The van der Waals surface area contributed by atoms with Gasteiger partial charge in [-0.3, -0.25) is 0 Å². The van der Waals surface area contributed by atoms with Gasteiger partial charge in [0.25, 0.3) is 0 Å². The fraction of sp³-hybridized carbons (Fsp3) is 0. The van der Waals surface area contributed by atoms with Crippen molar-refractivity contribution < 1.29 is 4.42 Å². The number of benzene rings is 16. The smallest absolute Gasteiger partial charge is 0.135 e. The second-order valence-electron chi connectivity index (χ2n) is 26.7. The van der Waals surface area contributed by atoms with Crippen molar-refractivity contribution in [1.82, 2.24) is 18.3 Å². The molecule has 0 bridgehead atoms. The van der Waals surface area contributed by atoms with E-state index in [2.05, 4.69) is 370 Å². The summed E-state index contributed by atoms with van der Waals surface area (Å²) in [4.78, 5) is 0. The van der Waals surface area contributed by atoms with Crippen LogP contribution in [0, 0.1) is 0 Å². The summed E-state index contributed by atoms with van der Waals surface area (Å²) in [6, 6.07) is 132. The summed E-state index contributed by atoms with van der Waals surface area (Å²) in [7, 11) is 0. The van der Waals surface area contributed by atoms with Crippen LogP contribution >= 0.6 is 11.3 Å². The molecule has 0 saturated heterocycles. The van der Waals surface area contributed by atoms with Crippen molar-refractivity contribution in [2.24, 2.45) is 0 Å². The van der Waals surface area contributed by atoms with Gasteiger partial charge < -0.3 is 22.7 Å². The van der Waals surface area contributed by atoms with Crippen LogP contribution in [0.15, 0.2) is 368 Å². The Morgan fingerprint density at radius 3 is 0.951 bits per heavy atom. The van der Waals surface area contributed by atoms with Gasteiger partial charge in [-0.1, -0.05) is 224 Å². The SMILES string of the molecule is c1ccc(-c2cccc(-n3c4ccccc4c4cc(-c5ccc6c(c5)c5ccccc5n6-c5ccc6c(c5)sc5ccccc56)ccc43)c2)cc1.c1ccc(-c2cccc(-n3c4ccccc4c4cc(-c5ccc6c(c5)c5ccccc5n6-c5ccc6oc7ccccc7c6c5)ccc43)c2)cc1. The Balaban J connectivity index is 0.000000133. The Labute approximate surface area is 590 Å². The van der Waals surface area contributed by atoms with Crippen LogP contribution < -0.4 is 0 Å². The van der Waals surface area contributed by atoms with Crippen LogP contribution in [0.5, 0.6) is 0 Å². The van der Waals surface area contributed by atoms with Gasteiger partial charge in [-0.2, -0.15) is 0 Å². The quantitative estimate of drug-likeness (QED) is 0.149. The molecule has 0 atom stereocenters. The first kappa shape index (κ1) is 57.8. The molecular formula is C96H60N4OS. The van der Waals surface area contributed by atoms with Crippen LogP contribution in [0.4, 0.5) is 0 Å². The Bertz CT molecular complexity index is 7130. The van der Waals surface area contributed by atoms with Crippen LogP contribution in [0.25, 0.3) is 197 Å². The van der Waals surface area contributed by atoms with Crippen molar-refractivity contribution in [1.29, 1.82) is 0 Å². The third-order valence-corrected chi connectivity index (χ3v) is 22.2. The largest absolute Gasteiger partial charge is 0.456 e. The molecule has 0 aliphatic carbocycles. The second-order valence-corrected chi connectivity index (χ2v) is 27.8. The first-order chi connectivity index (χ1) is 50.6. The van der Waals surface area contributed by atoms with Crippen LogP contribution in [0.2, 0.25) is 0 Å². The first-order valence-corrected chi connectivity index (χ1v) is 35.7. The van der Waals surface area contributed by atoms with Gasteiger partial charge in [0.1, 0.15) is 11.2 Å². The van der Waals surface area contributed by atoms with E-state index in [-0.39, 0.29) is 0 Å². The van der Waals surface area contributed by atoms with Gasteiger partial charge in [0.15, 0.2) is 0 Å². The van der Waals surface area contributed by atoms with Crippen molar-refractivity contribution in [3.63, 3.8) is 0 Å². The minimum atomic E-state index is 0.906. The summed E-state index contributed by atoms with van der Waals surface area (Å²) >= 11 is 1.87. The third-order valence-electron chi connectivity index (χ3n) is 21.0. The predicted octanol–water partition coefficient (Wildman–Crippen LogP) is 26.7.